The highest BCUT2D eigenvalue weighted by molar-refractivity contribution is 5.81. The molecular formula is C17H22N2O4. The number of hydrogen-bond acceptors (Lipinski definition) is 6. The molecule has 0 saturated carbocycles. The summed E-state index contributed by atoms with van der Waals surface area (Å²) < 4.78 is 14.3. The molecule has 0 bridgehead atoms. The van der Waals surface area contributed by atoms with Crippen LogP contribution in [0.3, 0.4) is 0 Å². The van der Waals surface area contributed by atoms with E-state index in [2.05, 4.69) is 21.5 Å². The molecule has 2 rings (SSSR count). The number of rotatable bonds is 6. The van der Waals surface area contributed by atoms with Crippen LogP contribution in [-0.2, 0) is 14.3 Å². The Balaban J connectivity index is 0.000000241. The van der Waals surface area contributed by atoms with E-state index in [0.717, 1.165) is 18.1 Å². The maximum atomic E-state index is 10.4. The molecule has 0 aliphatic carbocycles. The zero-order chi connectivity index (χ0) is 17.1. The van der Waals surface area contributed by atoms with Crippen LogP contribution in [0.5, 0.6) is 0 Å². The van der Waals surface area contributed by atoms with E-state index >= 15 is 0 Å². The molecule has 23 heavy (non-hydrogen) atoms. The van der Waals surface area contributed by atoms with Gasteiger partial charge in [0.1, 0.15) is 0 Å². The van der Waals surface area contributed by atoms with Crippen molar-refractivity contribution in [1.29, 1.82) is 0 Å². The normalized spacial score (nSPS) is 9.70. The summed E-state index contributed by atoms with van der Waals surface area (Å²) in [6, 6.07) is 8.03. The predicted molar refractivity (Wildman–Crippen MR) is 86.9 cm³/mol. The van der Waals surface area contributed by atoms with Gasteiger partial charge in [-0.1, -0.05) is 41.6 Å². The summed E-state index contributed by atoms with van der Waals surface area (Å²) in [5, 5.41) is 3.83. The third kappa shape index (κ3) is 7.37. The first-order chi connectivity index (χ1) is 11.1. The lowest BCUT2D eigenvalue weighted by Crippen LogP contribution is -2.03. The van der Waals surface area contributed by atoms with E-state index in [1.165, 1.54) is 5.56 Å². The van der Waals surface area contributed by atoms with Crippen LogP contribution in [-0.4, -0.2) is 36.4 Å². The monoisotopic (exact) mass is 318 g/mol. The van der Waals surface area contributed by atoms with Gasteiger partial charge in [-0.15, -0.1) is 0 Å². The summed E-state index contributed by atoms with van der Waals surface area (Å²) >= 11 is 0. The van der Waals surface area contributed by atoms with E-state index in [9.17, 15) is 4.79 Å². The Kier molecular flexibility index (Phi) is 8.31. The standard InChI is InChI=1S/C10H10N2O.C7H12O3/c1-7-3-5-9(6-4-7)10-11-8(2)13-12-10;1-3-7(8)10-6-4-5-9-2/h3-6H,1-2H3;3H,1,4-6H2,2H3. The summed E-state index contributed by atoms with van der Waals surface area (Å²) in [4.78, 5) is 14.5. The first kappa shape index (κ1) is 18.6. The second kappa shape index (κ2) is 10.3. The molecule has 1 aromatic heterocycles. The molecule has 0 amide bonds. The molecular weight excluding hydrogens is 296 g/mol. The van der Waals surface area contributed by atoms with Crippen molar-refractivity contribution in [2.45, 2.75) is 20.3 Å². The Hall–Kier alpha value is -2.47. The smallest absolute Gasteiger partial charge is 0.330 e. The van der Waals surface area contributed by atoms with Gasteiger partial charge in [-0.25, -0.2) is 4.79 Å². The number of ether oxygens (including phenoxy) is 2. The zero-order valence-corrected chi connectivity index (χ0v) is 13.7. The number of hydrogen-bond donors (Lipinski definition) is 0. The summed E-state index contributed by atoms with van der Waals surface area (Å²) in [6.07, 6.45) is 1.88. The van der Waals surface area contributed by atoms with Crippen LogP contribution >= 0.6 is 0 Å². The van der Waals surface area contributed by atoms with Crippen LogP contribution < -0.4 is 0 Å². The molecule has 6 nitrogen and oxygen atoms in total. The van der Waals surface area contributed by atoms with Crippen LogP contribution in [0, 0.1) is 13.8 Å². The number of aryl methyl sites for hydroxylation is 2. The number of carbonyl (C=O) groups excluding carboxylic acids is 1. The summed E-state index contributed by atoms with van der Waals surface area (Å²) in [5.41, 5.74) is 2.21. The number of methoxy groups -OCH3 is 1. The number of benzene rings is 1. The second-order valence-electron chi connectivity index (χ2n) is 4.72. The van der Waals surface area contributed by atoms with Crippen molar-refractivity contribution in [3.8, 4) is 11.4 Å². The maximum absolute atomic E-state index is 10.4. The van der Waals surface area contributed by atoms with Crippen molar-refractivity contribution in [1.82, 2.24) is 10.1 Å². The lowest BCUT2D eigenvalue weighted by atomic mass is 10.1. The van der Waals surface area contributed by atoms with E-state index in [-0.39, 0.29) is 5.97 Å². The van der Waals surface area contributed by atoms with E-state index in [1.54, 1.807) is 14.0 Å². The predicted octanol–water partition coefficient (Wildman–Crippen LogP) is 3.11. The maximum Gasteiger partial charge on any atom is 0.330 e. The molecule has 1 aromatic carbocycles. The Bertz CT molecular complexity index is 605. The molecule has 0 aliphatic heterocycles. The second-order valence-corrected chi connectivity index (χ2v) is 4.72. The van der Waals surface area contributed by atoms with Gasteiger partial charge in [0.25, 0.3) is 0 Å². The van der Waals surface area contributed by atoms with Crippen molar-refractivity contribution in [2.75, 3.05) is 20.3 Å². The Morgan fingerprint density at radius 3 is 2.48 bits per heavy atom. The molecule has 0 spiro atoms. The van der Waals surface area contributed by atoms with Gasteiger partial charge in [-0.05, 0) is 6.92 Å². The van der Waals surface area contributed by atoms with E-state index < -0.39 is 0 Å². The van der Waals surface area contributed by atoms with Crippen LogP contribution in [0.25, 0.3) is 11.4 Å². The Morgan fingerprint density at radius 1 is 1.26 bits per heavy atom. The van der Waals surface area contributed by atoms with Crippen LogP contribution in [0.1, 0.15) is 17.9 Å². The molecule has 0 saturated heterocycles. The van der Waals surface area contributed by atoms with Gasteiger partial charge in [0.15, 0.2) is 0 Å². The summed E-state index contributed by atoms with van der Waals surface area (Å²) in [7, 11) is 1.61. The lowest BCUT2D eigenvalue weighted by molar-refractivity contribution is -0.138. The van der Waals surface area contributed by atoms with Crippen molar-refractivity contribution in [3.63, 3.8) is 0 Å². The Morgan fingerprint density at radius 2 is 1.96 bits per heavy atom. The largest absolute Gasteiger partial charge is 0.462 e. The molecule has 0 radical (unpaired) electrons. The third-order valence-electron chi connectivity index (χ3n) is 2.74. The highest BCUT2D eigenvalue weighted by Crippen LogP contribution is 2.15. The minimum atomic E-state index is -0.379. The molecule has 0 unspecified atom stereocenters. The number of esters is 1. The van der Waals surface area contributed by atoms with Crippen molar-refractivity contribution in [3.05, 3.63) is 48.4 Å². The first-order valence-electron chi connectivity index (χ1n) is 7.22. The minimum Gasteiger partial charge on any atom is -0.462 e. The van der Waals surface area contributed by atoms with Crippen molar-refractivity contribution < 1.29 is 18.8 Å². The van der Waals surface area contributed by atoms with Gasteiger partial charge in [0.05, 0.1) is 6.61 Å². The molecule has 0 atom stereocenters. The van der Waals surface area contributed by atoms with Gasteiger partial charge < -0.3 is 14.0 Å². The number of aromatic nitrogens is 2. The van der Waals surface area contributed by atoms with E-state index in [4.69, 9.17) is 9.26 Å². The van der Waals surface area contributed by atoms with Crippen LogP contribution in [0.4, 0.5) is 0 Å². The summed E-state index contributed by atoms with van der Waals surface area (Å²) in [5.74, 6) is 0.865. The SMILES string of the molecule is C=CC(=O)OCCCOC.Cc1ccc(-c2noc(C)n2)cc1. The van der Waals surface area contributed by atoms with Crippen molar-refractivity contribution >= 4 is 5.97 Å². The van der Waals surface area contributed by atoms with Crippen LogP contribution in [0.15, 0.2) is 41.4 Å². The number of carbonyl (C=O) groups is 1. The van der Waals surface area contributed by atoms with E-state index in [1.807, 2.05) is 31.2 Å². The quantitative estimate of drug-likeness (QED) is 0.463. The highest BCUT2D eigenvalue weighted by atomic mass is 16.5. The topological polar surface area (TPSA) is 74.5 Å². The third-order valence-corrected chi connectivity index (χ3v) is 2.74. The number of nitrogens with zero attached hydrogens (tertiary/aromatic N) is 2. The fourth-order valence-electron chi connectivity index (χ4n) is 1.55. The molecule has 124 valence electrons. The molecule has 0 fully saturated rings. The lowest BCUT2D eigenvalue weighted by Gasteiger charge is -1.99. The van der Waals surface area contributed by atoms with Crippen LogP contribution in [0.2, 0.25) is 0 Å². The minimum absolute atomic E-state index is 0.379. The molecule has 6 heteroatoms. The van der Waals surface area contributed by atoms with Gasteiger partial charge in [0.2, 0.25) is 11.7 Å². The average molecular weight is 318 g/mol. The van der Waals surface area contributed by atoms with Gasteiger partial charge >= 0.3 is 5.97 Å². The van der Waals surface area contributed by atoms with E-state index in [0.29, 0.717) is 24.9 Å². The molecule has 1 heterocycles. The Labute approximate surface area is 136 Å². The summed E-state index contributed by atoms with van der Waals surface area (Å²) in [6.45, 7) is 8.10. The fourth-order valence-corrected chi connectivity index (χ4v) is 1.55. The van der Waals surface area contributed by atoms with Crippen molar-refractivity contribution in [2.24, 2.45) is 0 Å². The van der Waals surface area contributed by atoms with Gasteiger partial charge in [-0.3, -0.25) is 0 Å². The molecule has 0 N–H and O–H groups in total. The molecule has 0 aliphatic rings. The fraction of sp³-hybridized carbons (Fsp3) is 0.353. The van der Waals surface area contributed by atoms with Gasteiger partial charge in [0, 0.05) is 38.7 Å². The zero-order valence-electron chi connectivity index (χ0n) is 13.7. The van der Waals surface area contributed by atoms with Gasteiger partial charge in [-0.2, -0.15) is 4.98 Å². The highest BCUT2D eigenvalue weighted by Gasteiger charge is 2.03. The molecule has 2 aromatic rings. The first-order valence-corrected chi connectivity index (χ1v) is 7.22. The average Bonchev–Trinajstić information content (AvgIpc) is 2.99.